The van der Waals surface area contributed by atoms with Gasteiger partial charge in [-0.1, -0.05) is 40.2 Å². The van der Waals surface area contributed by atoms with Crippen molar-refractivity contribution in [3.8, 4) is 0 Å². The lowest BCUT2D eigenvalue weighted by molar-refractivity contribution is -0.137. The van der Waals surface area contributed by atoms with Gasteiger partial charge in [-0.15, -0.1) is 0 Å². The van der Waals surface area contributed by atoms with Crippen molar-refractivity contribution >= 4 is 31.9 Å². The fraction of sp³-hybridized carbons (Fsp3) is 0.476. The molecule has 0 fully saturated rings. The summed E-state index contributed by atoms with van der Waals surface area (Å²) in [7, 11) is -3.38. The number of hydrogen-bond donors (Lipinski definition) is 2. The van der Waals surface area contributed by atoms with Crippen molar-refractivity contribution in [2.75, 3.05) is 5.75 Å². The smallest absolute Gasteiger partial charge is 0.303 e. The highest BCUT2D eigenvalue weighted by Gasteiger charge is 2.18. The minimum atomic E-state index is -3.38. The van der Waals surface area contributed by atoms with Gasteiger partial charge in [0, 0.05) is 16.6 Å². The van der Waals surface area contributed by atoms with Crippen LogP contribution in [0.25, 0.3) is 0 Å². The van der Waals surface area contributed by atoms with E-state index in [9.17, 15) is 13.2 Å². The molecule has 0 amide bonds. The molecule has 2 rings (SSSR count). The number of benzene rings is 1. The van der Waals surface area contributed by atoms with E-state index in [0.29, 0.717) is 12.8 Å². The molecule has 0 radical (unpaired) electrons. The first-order valence-corrected chi connectivity index (χ1v) is 12.1. The quantitative estimate of drug-likeness (QED) is 0.355. The third kappa shape index (κ3) is 8.61. The van der Waals surface area contributed by atoms with Crippen LogP contribution in [0.3, 0.4) is 0 Å². The van der Waals surface area contributed by atoms with Crippen molar-refractivity contribution in [3.63, 3.8) is 0 Å². The zero-order chi connectivity index (χ0) is 20.4. The minimum Gasteiger partial charge on any atom is -0.481 e. The van der Waals surface area contributed by atoms with Gasteiger partial charge in [0.1, 0.15) is 0 Å². The highest BCUT2D eigenvalue weighted by Crippen LogP contribution is 2.26. The number of unbranched alkanes of at least 4 members (excludes halogenated alkanes) is 1. The van der Waals surface area contributed by atoms with Gasteiger partial charge in [-0.25, -0.2) is 8.42 Å². The number of rotatable bonds is 11. The Kier molecular flexibility index (Phi) is 9.25. The van der Waals surface area contributed by atoms with Crippen LogP contribution in [0.15, 0.2) is 52.2 Å². The average Bonchev–Trinajstić information content (AvgIpc) is 2.65. The van der Waals surface area contributed by atoms with Gasteiger partial charge in [-0.3, -0.25) is 9.52 Å². The Hall–Kier alpha value is -1.60. The van der Waals surface area contributed by atoms with E-state index in [1.165, 1.54) is 0 Å². The van der Waals surface area contributed by atoms with Gasteiger partial charge in [0.2, 0.25) is 10.0 Å². The molecule has 1 aromatic carbocycles. The third-order valence-electron chi connectivity index (χ3n) is 4.73. The molecule has 5 nitrogen and oxygen atoms in total. The molecule has 0 bridgehead atoms. The topological polar surface area (TPSA) is 83.5 Å². The van der Waals surface area contributed by atoms with Crippen LogP contribution >= 0.6 is 15.9 Å². The normalized spacial score (nSPS) is 15.2. The standard InChI is InChI=1S/C21H28BrNO4S/c22-19-13-11-17(12-14-19)15-16-28(26,27)23-20-9-6-5-8-18(20)7-3-1-2-4-10-21(24)25/h1,3,11-14,23H,2,4-10,15-16H2,(H,24,25). The van der Waals surface area contributed by atoms with E-state index in [4.69, 9.17) is 5.11 Å². The minimum absolute atomic E-state index is 0.0659. The van der Waals surface area contributed by atoms with Gasteiger partial charge in [0.25, 0.3) is 0 Å². The van der Waals surface area contributed by atoms with Crippen LogP contribution in [-0.4, -0.2) is 25.2 Å². The summed E-state index contributed by atoms with van der Waals surface area (Å²) in [4.78, 5) is 10.5. The second-order valence-corrected chi connectivity index (χ2v) is 9.81. The Balaban J connectivity index is 1.90. The van der Waals surface area contributed by atoms with Crippen LogP contribution < -0.4 is 4.72 Å². The second kappa shape index (κ2) is 11.4. The SMILES string of the molecule is O=C(O)CCCC=CCC1=C(NS(=O)(=O)CCc2ccc(Br)cc2)CCCC1. The summed E-state index contributed by atoms with van der Waals surface area (Å²) in [5, 5.41) is 8.65. The summed E-state index contributed by atoms with van der Waals surface area (Å²) >= 11 is 3.38. The van der Waals surface area contributed by atoms with Gasteiger partial charge in [0.05, 0.1) is 5.75 Å². The summed E-state index contributed by atoms with van der Waals surface area (Å²) in [5.41, 5.74) is 2.99. The third-order valence-corrected chi connectivity index (χ3v) is 6.55. The maximum Gasteiger partial charge on any atom is 0.303 e. The van der Waals surface area contributed by atoms with Gasteiger partial charge >= 0.3 is 5.97 Å². The molecule has 0 saturated carbocycles. The van der Waals surface area contributed by atoms with Crippen LogP contribution in [0.1, 0.15) is 56.9 Å². The molecule has 1 aliphatic rings. The van der Waals surface area contributed by atoms with E-state index < -0.39 is 16.0 Å². The number of carboxylic acid groups (broad SMARTS) is 1. The predicted molar refractivity (Wildman–Crippen MR) is 116 cm³/mol. The van der Waals surface area contributed by atoms with E-state index in [1.807, 2.05) is 36.4 Å². The first-order chi connectivity index (χ1) is 13.4. The maximum atomic E-state index is 12.5. The molecule has 2 N–H and O–H groups in total. The first kappa shape index (κ1) is 22.7. The zero-order valence-corrected chi connectivity index (χ0v) is 18.4. The van der Waals surface area contributed by atoms with Crippen LogP contribution in [0.5, 0.6) is 0 Å². The first-order valence-electron chi connectivity index (χ1n) is 9.68. The molecule has 0 saturated heterocycles. The summed E-state index contributed by atoms with van der Waals surface area (Å²) in [6, 6.07) is 7.69. The molecule has 28 heavy (non-hydrogen) atoms. The monoisotopic (exact) mass is 469 g/mol. The van der Waals surface area contributed by atoms with Crippen molar-refractivity contribution in [2.24, 2.45) is 0 Å². The van der Waals surface area contributed by atoms with Crippen molar-refractivity contribution in [2.45, 2.75) is 57.8 Å². The zero-order valence-electron chi connectivity index (χ0n) is 16.0. The molecule has 0 aromatic heterocycles. The number of carbonyl (C=O) groups is 1. The average molecular weight is 470 g/mol. The van der Waals surface area contributed by atoms with Crippen molar-refractivity contribution in [1.82, 2.24) is 4.72 Å². The number of nitrogens with one attached hydrogen (secondary N) is 1. The maximum absolute atomic E-state index is 12.5. The van der Waals surface area contributed by atoms with E-state index in [-0.39, 0.29) is 12.2 Å². The summed E-state index contributed by atoms with van der Waals surface area (Å²) < 4.78 is 28.9. The summed E-state index contributed by atoms with van der Waals surface area (Å²) in [6.07, 6.45) is 10.5. The Bertz CT molecular complexity index is 813. The molecule has 0 heterocycles. The number of allylic oxidation sites excluding steroid dienone is 4. The second-order valence-electron chi connectivity index (χ2n) is 7.05. The van der Waals surface area contributed by atoms with Crippen LogP contribution in [0.2, 0.25) is 0 Å². The van der Waals surface area contributed by atoms with Crippen molar-refractivity contribution in [1.29, 1.82) is 0 Å². The Morgan fingerprint density at radius 1 is 1.14 bits per heavy atom. The van der Waals surface area contributed by atoms with Gasteiger partial charge in [-0.2, -0.15) is 0 Å². The molecular formula is C21H28BrNO4S. The molecule has 0 spiro atoms. The van der Waals surface area contributed by atoms with E-state index >= 15 is 0 Å². The van der Waals surface area contributed by atoms with Gasteiger partial charge in [-0.05, 0) is 74.6 Å². The van der Waals surface area contributed by atoms with E-state index in [0.717, 1.165) is 59.8 Å². The van der Waals surface area contributed by atoms with Crippen LogP contribution in [0, 0.1) is 0 Å². The number of carboxylic acids is 1. The van der Waals surface area contributed by atoms with Gasteiger partial charge < -0.3 is 5.11 Å². The van der Waals surface area contributed by atoms with Crippen LogP contribution in [-0.2, 0) is 21.2 Å². The van der Waals surface area contributed by atoms with Crippen molar-refractivity contribution in [3.05, 3.63) is 57.7 Å². The lowest BCUT2D eigenvalue weighted by Gasteiger charge is -2.21. The molecule has 7 heteroatoms. The Labute approximate surface area is 176 Å². The van der Waals surface area contributed by atoms with Crippen LogP contribution in [0.4, 0.5) is 0 Å². The largest absolute Gasteiger partial charge is 0.481 e. The summed E-state index contributed by atoms with van der Waals surface area (Å²) in [6.45, 7) is 0. The Morgan fingerprint density at radius 2 is 1.86 bits per heavy atom. The lowest BCUT2D eigenvalue weighted by atomic mass is 9.94. The summed E-state index contributed by atoms with van der Waals surface area (Å²) in [5.74, 6) is -0.709. The number of sulfonamides is 1. The fourth-order valence-electron chi connectivity index (χ4n) is 3.17. The lowest BCUT2D eigenvalue weighted by Crippen LogP contribution is -2.28. The predicted octanol–water partition coefficient (Wildman–Crippen LogP) is 4.94. The molecule has 0 atom stereocenters. The number of aliphatic carboxylic acids is 1. The number of halogens is 1. The van der Waals surface area contributed by atoms with Gasteiger partial charge in [0.15, 0.2) is 0 Å². The molecule has 0 aliphatic heterocycles. The Morgan fingerprint density at radius 3 is 2.57 bits per heavy atom. The van der Waals surface area contributed by atoms with Crippen molar-refractivity contribution < 1.29 is 18.3 Å². The molecule has 1 aliphatic carbocycles. The molecule has 0 unspecified atom stereocenters. The fourth-order valence-corrected chi connectivity index (χ4v) is 4.67. The number of aryl methyl sites for hydroxylation is 1. The molecular weight excluding hydrogens is 442 g/mol. The van der Waals surface area contributed by atoms with E-state index in [1.54, 1.807) is 0 Å². The highest BCUT2D eigenvalue weighted by molar-refractivity contribution is 9.10. The van der Waals surface area contributed by atoms with E-state index in [2.05, 4.69) is 20.7 Å². The molecule has 1 aromatic rings. The highest BCUT2D eigenvalue weighted by atomic mass is 79.9. The number of hydrogen-bond acceptors (Lipinski definition) is 3. The molecule has 154 valence electrons.